The second kappa shape index (κ2) is 7.80. The summed E-state index contributed by atoms with van der Waals surface area (Å²) in [5.74, 6) is 0.149. The van der Waals surface area contributed by atoms with Crippen LogP contribution in [0.2, 0.25) is 0 Å². The van der Waals surface area contributed by atoms with Gasteiger partial charge in [0.25, 0.3) is 5.91 Å². The maximum Gasteiger partial charge on any atom is 0.255 e. The van der Waals surface area contributed by atoms with Crippen LogP contribution in [0.4, 0.5) is 5.69 Å². The van der Waals surface area contributed by atoms with Gasteiger partial charge in [-0.15, -0.1) is 0 Å². The Balaban J connectivity index is 1.69. The van der Waals surface area contributed by atoms with Crippen molar-refractivity contribution in [1.82, 2.24) is 9.88 Å². The van der Waals surface area contributed by atoms with E-state index < -0.39 is 0 Å². The van der Waals surface area contributed by atoms with Gasteiger partial charge < -0.3 is 10.2 Å². The van der Waals surface area contributed by atoms with E-state index in [-0.39, 0.29) is 5.91 Å². The van der Waals surface area contributed by atoms with Crippen molar-refractivity contribution < 1.29 is 4.79 Å². The second-order valence-electron chi connectivity index (χ2n) is 7.00. The van der Waals surface area contributed by atoms with Crippen LogP contribution in [0, 0.1) is 0 Å². The molecule has 4 nitrogen and oxygen atoms in total. The summed E-state index contributed by atoms with van der Waals surface area (Å²) in [5.41, 5.74) is 1.72. The number of anilines is 1. The smallest absolute Gasteiger partial charge is 0.255 e. The van der Waals surface area contributed by atoms with Gasteiger partial charge in [0.2, 0.25) is 0 Å². The molecule has 1 aliphatic carbocycles. The highest BCUT2D eigenvalue weighted by Crippen LogP contribution is 2.24. The fourth-order valence-corrected chi connectivity index (χ4v) is 3.98. The van der Waals surface area contributed by atoms with Crippen LogP contribution in [0.3, 0.4) is 0 Å². The number of nitrogens with zero attached hydrogens (tertiary/aromatic N) is 2. The number of piperidine rings is 1. The van der Waals surface area contributed by atoms with E-state index in [4.69, 9.17) is 0 Å². The molecule has 2 aliphatic rings. The van der Waals surface area contributed by atoms with E-state index in [2.05, 4.69) is 22.1 Å². The Kier molecular flexibility index (Phi) is 5.52. The van der Waals surface area contributed by atoms with Crippen molar-refractivity contribution in [1.29, 1.82) is 0 Å². The van der Waals surface area contributed by atoms with E-state index in [0.717, 1.165) is 37.1 Å². The van der Waals surface area contributed by atoms with E-state index in [1.165, 1.54) is 38.5 Å². The van der Waals surface area contributed by atoms with Gasteiger partial charge in [-0.25, -0.2) is 0 Å². The minimum atomic E-state index is 0.149. The molecule has 0 spiro atoms. The van der Waals surface area contributed by atoms with E-state index in [1.54, 1.807) is 6.20 Å². The maximum atomic E-state index is 12.9. The maximum absolute atomic E-state index is 12.9. The van der Waals surface area contributed by atoms with Crippen LogP contribution >= 0.6 is 0 Å². The second-order valence-corrected chi connectivity index (χ2v) is 7.00. The van der Waals surface area contributed by atoms with Gasteiger partial charge in [-0.1, -0.05) is 26.2 Å². The molecule has 0 bridgehead atoms. The third-order valence-electron chi connectivity index (χ3n) is 5.32. The predicted octanol–water partition coefficient (Wildman–Crippen LogP) is 4.23. The first kappa shape index (κ1) is 16.3. The molecular formula is C19H29N3O. The number of amides is 1. The summed E-state index contributed by atoms with van der Waals surface area (Å²) in [6.07, 6.45) is 14.5. The van der Waals surface area contributed by atoms with Crippen LogP contribution in [-0.4, -0.2) is 34.4 Å². The highest BCUT2D eigenvalue weighted by molar-refractivity contribution is 5.95. The lowest BCUT2D eigenvalue weighted by Crippen LogP contribution is -2.43. The molecule has 1 saturated heterocycles. The van der Waals surface area contributed by atoms with Gasteiger partial charge in [0, 0.05) is 31.0 Å². The largest absolute Gasteiger partial charge is 0.381 e. The lowest BCUT2D eigenvalue weighted by molar-refractivity contribution is 0.0607. The Morgan fingerprint density at radius 3 is 2.74 bits per heavy atom. The van der Waals surface area contributed by atoms with Gasteiger partial charge in [-0.3, -0.25) is 9.78 Å². The van der Waals surface area contributed by atoms with Crippen molar-refractivity contribution in [3.8, 4) is 0 Å². The Morgan fingerprint density at radius 2 is 1.96 bits per heavy atom. The lowest BCUT2D eigenvalue weighted by atomic mass is 9.95. The van der Waals surface area contributed by atoms with Crippen molar-refractivity contribution in [3.63, 3.8) is 0 Å². The first-order valence-corrected chi connectivity index (χ1v) is 9.30. The monoisotopic (exact) mass is 315 g/mol. The zero-order chi connectivity index (χ0) is 16.1. The fourth-order valence-electron chi connectivity index (χ4n) is 3.98. The van der Waals surface area contributed by atoms with Crippen LogP contribution < -0.4 is 5.32 Å². The summed E-state index contributed by atoms with van der Waals surface area (Å²) in [7, 11) is 0. The molecule has 1 unspecified atom stereocenters. The molecule has 1 aliphatic heterocycles. The average Bonchev–Trinajstić information content (AvgIpc) is 2.62. The number of rotatable bonds is 4. The van der Waals surface area contributed by atoms with Crippen LogP contribution in [0.15, 0.2) is 18.5 Å². The minimum Gasteiger partial charge on any atom is -0.381 e. The Bertz CT molecular complexity index is 525. The fraction of sp³-hybridized carbons (Fsp3) is 0.684. The van der Waals surface area contributed by atoms with Crippen LogP contribution in [0.5, 0.6) is 0 Å². The quantitative estimate of drug-likeness (QED) is 0.904. The molecule has 1 N–H and O–H groups in total. The third-order valence-corrected chi connectivity index (χ3v) is 5.32. The lowest BCUT2D eigenvalue weighted by Gasteiger charge is -2.35. The number of likely N-dealkylation sites (tertiary alicyclic amines) is 1. The molecule has 2 fully saturated rings. The molecule has 1 atom stereocenters. The number of aromatic nitrogens is 1. The molecule has 2 heterocycles. The molecule has 3 rings (SSSR count). The van der Waals surface area contributed by atoms with E-state index >= 15 is 0 Å². The van der Waals surface area contributed by atoms with Crippen molar-refractivity contribution in [2.45, 2.75) is 76.8 Å². The van der Waals surface area contributed by atoms with Gasteiger partial charge in [-0.05, 0) is 44.6 Å². The molecule has 0 aromatic carbocycles. The molecule has 23 heavy (non-hydrogen) atoms. The number of hydrogen-bond acceptors (Lipinski definition) is 3. The van der Waals surface area contributed by atoms with Gasteiger partial charge in [-0.2, -0.15) is 0 Å². The van der Waals surface area contributed by atoms with Crippen molar-refractivity contribution in [2.24, 2.45) is 0 Å². The molecule has 1 saturated carbocycles. The van der Waals surface area contributed by atoms with Crippen LogP contribution in [0.1, 0.15) is 75.1 Å². The summed E-state index contributed by atoms with van der Waals surface area (Å²) >= 11 is 0. The molecule has 4 heteroatoms. The number of pyridine rings is 1. The van der Waals surface area contributed by atoms with E-state index in [0.29, 0.717) is 12.1 Å². The van der Waals surface area contributed by atoms with Crippen LogP contribution in [0.25, 0.3) is 0 Å². The molecule has 1 aromatic heterocycles. The van der Waals surface area contributed by atoms with E-state index in [1.807, 2.05) is 12.3 Å². The normalized spacial score (nSPS) is 22.8. The number of carbonyl (C=O) groups is 1. The first-order chi connectivity index (χ1) is 11.3. The van der Waals surface area contributed by atoms with Gasteiger partial charge in [0.05, 0.1) is 11.3 Å². The van der Waals surface area contributed by atoms with Crippen LogP contribution in [-0.2, 0) is 0 Å². The Morgan fingerprint density at radius 1 is 1.17 bits per heavy atom. The molecule has 1 aromatic rings. The highest BCUT2D eigenvalue weighted by Gasteiger charge is 2.26. The highest BCUT2D eigenvalue weighted by atomic mass is 16.2. The third kappa shape index (κ3) is 4.04. The van der Waals surface area contributed by atoms with Crippen molar-refractivity contribution >= 4 is 11.6 Å². The van der Waals surface area contributed by atoms with E-state index in [9.17, 15) is 4.79 Å². The zero-order valence-corrected chi connectivity index (χ0v) is 14.3. The zero-order valence-electron chi connectivity index (χ0n) is 14.3. The SMILES string of the molecule is CCC1CCCCN1C(=O)c1cncc(NC2CCCCC2)c1. The summed E-state index contributed by atoms with van der Waals surface area (Å²) in [6, 6.07) is 2.92. The van der Waals surface area contributed by atoms with Gasteiger partial charge in [0.1, 0.15) is 0 Å². The molecule has 1 amide bonds. The Hall–Kier alpha value is -1.58. The van der Waals surface area contributed by atoms with Crippen molar-refractivity contribution in [3.05, 3.63) is 24.0 Å². The number of nitrogens with one attached hydrogen (secondary N) is 1. The van der Waals surface area contributed by atoms with Crippen molar-refractivity contribution in [2.75, 3.05) is 11.9 Å². The Labute approximate surface area is 139 Å². The standard InChI is InChI=1S/C19H29N3O/c1-2-18-10-6-7-11-22(18)19(23)15-12-17(14-20-13-15)21-16-8-4-3-5-9-16/h12-14,16,18,21H,2-11H2,1H3. The molecular weight excluding hydrogens is 286 g/mol. The average molecular weight is 315 g/mol. The first-order valence-electron chi connectivity index (χ1n) is 9.30. The molecule has 126 valence electrons. The number of carbonyl (C=O) groups excluding carboxylic acids is 1. The van der Waals surface area contributed by atoms with Gasteiger partial charge >= 0.3 is 0 Å². The molecule has 0 radical (unpaired) electrons. The summed E-state index contributed by atoms with van der Waals surface area (Å²) < 4.78 is 0. The number of hydrogen-bond donors (Lipinski definition) is 1. The summed E-state index contributed by atoms with van der Waals surface area (Å²) in [4.78, 5) is 19.2. The minimum absolute atomic E-state index is 0.149. The topological polar surface area (TPSA) is 45.2 Å². The predicted molar refractivity (Wildman–Crippen MR) is 93.7 cm³/mol. The van der Waals surface area contributed by atoms with Gasteiger partial charge in [0.15, 0.2) is 0 Å². The summed E-state index contributed by atoms with van der Waals surface area (Å²) in [6.45, 7) is 3.06. The summed E-state index contributed by atoms with van der Waals surface area (Å²) in [5, 5.41) is 3.57.